The van der Waals surface area contributed by atoms with E-state index in [0.717, 1.165) is 22.3 Å². The molecule has 0 saturated carbocycles. The van der Waals surface area contributed by atoms with Crippen molar-refractivity contribution >= 4 is 11.6 Å². The minimum absolute atomic E-state index is 0.263. The molecule has 2 amide bonds. The van der Waals surface area contributed by atoms with Gasteiger partial charge in [0, 0.05) is 11.3 Å². The standard InChI is InChI=1S/C28H25FN4O3/c1-17-7-11-20(12-8-17)25-24(27-31-26(32-36-27)21-5-4-6-23(15-21)35-3)18(2)33(28(34)30-25)16-19-9-13-22(29)14-10-19/h4-15,25H,16H2,1-3H3,(H,30,34). The van der Waals surface area contributed by atoms with Gasteiger partial charge in [0.15, 0.2) is 0 Å². The van der Waals surface area contributed by atoms with Crippen LogP contribution in [0.5, 0.6) is 5.75 Å². The molecule has 2 heterocycles. The van der Waals surface area contributed by atoms with E-state index in [1.165, 1.54) is 12.1 Å². The molecule has 1 unspecified atom stereocenters. The Labute approximate surface area is 208 Å². The third-order valence-corrected chi connectivity index (χ3v) is 6.25. The average molecular weight is 485 g/mol. The highest BCUT2D eigenvalue weighted by Gasteiger charge is 2.35. The zero-order valence-corrected chi connectivity index (χ0v) is 20.2. The van der Waals surface area contributed by atoms with Gasteiger partial charge < -0.3 is 14.6 Å². The zero-order chi connectivity index (χ0) is 25.2. The van der Waals surface area contributed by atoms with Gasteiger partial charge in [-0.15, -0.1) is 0 Å². The molecule has 1 aliphatic rings. The van der Waals surface area contributed by atoms with E-state index in [4.69, 9.17) is 9.26 Å². The van der Waals surface area contributed by atoms with Crippen LogP contribution in [0.25, 0.3) is 17.0 Å². The number of allylic oxidation sites excluding steroid dienone is 1. The SMILES string of the molecule is COc1cccc(-c2noc(C3=C(C)N(Cc4ccc(F)cc4)C(=O)NC3c3ccc(C)cc3)n2)c1. The second-order valence-electron chi connectivity index (χ2n) is 8.66. The number of rotatable bonds is 6. The van der Waals surface area contributed by atoms with Gasteiger partial charge >= 0.3 is 6.03 Å². The summed E-state index contributed by atoms with van der Waals surface area (Å²) in [5.41, 5.74) is 4.92. The minimum atomic E-state index is -0.485. The summed E-state index contributed by atoms with van der Waals surface area (Å²) in [5, 5.41) is 7.29. The van der Waals surface area contributed by atoms with Crippen molar-refractivity contribution in [2.75, 3.05) is 7.11 Å². The summed E-state index contributed by atoms with van der Waals surface area (Å²) in [7, 11) is 1.60. The molecule has 0 spiro atoms. The number of halogens is 1. The summed E-state index contributed by atoms with van der Waals surface area (Å²) in [4.78, 5) is 19.5. The lowest BCUT2D eigenvalue weighted by molar-refractivity contribution is 0.203. The van der Waals surface area contributed by atoms with Crippen molar-refractivity contribution in [1.82, 2.24) is 20.4 Å². The molecular formula is C28H25FN4O3. The quantitative estimate of drug-likeness (QED) is 0.369. The molecule has 4 aromatic rings. The van der Waals surface area contributed by atoms with Crippen molar-refractivity contribution in [3.05, 3.63) is 107 Å². The summed E-state index contributed by atoms with van der Waals surface area (Å²) in [6, 6.07) is 20.7. The molecular weight excluding hydrogens is 459 g/mol. The average Bonchev–Trinajstić information content (AvgIpc) is 3.37. The fourth-order valence-electron chi connectivity index (χ4n) is 4.24. The Morgan fingerprint density at radius 1 is 1.06 bits per heavy atom. The van der Waals surface area contributed by atoms with Crippen molar-refractivity contribution in [3.63, 3.8) is 0 Å². The molecule has 1 aliphatic heterocycles. The maximum absolute atomic E-state index is 13.4. The number of carbonyl (C=O) groups excluding carboxylic acids is 1. The molecule has 1 aromatic heterocycles. The monoisotopic (exact) mass is 484 g/mol. The highest BCUT2D eigenvalue weighted by molar-refractivity contribution is 5.86. The van der Waals surface area contributed by atoms with E-state index in [2.05, 4.69) is 15.5 Å². The lowest BCUT2D eigenvalue weighted by Crippen LogP contribution is -2.45. The van der Waals surface area contributed by atoms with Crippen LogP contribution in [-0.2, 0) is 6.54 Å². The van der Waals surface area contributed by atoms with Crippen LogP contribution in [0.4, 0.5) is 9.18 Å². The maximum Gasteiger partial charge on any atom is 0.322 e. The third-order valence-electron chi connectivity index (χ3n) is 6.25. The molecule has 7 nitrogen and oxygen atoms in total. The number of nitrogens with zero attached hydrogens (tertiary/aromatic N) is 3. The van der Waals surface area contributed by atoms with E-state index in [0.29, 0.717) is 28.7 Å². The molecule has 182 valence electrons. The van der Waals surface area contributed by atoms with E-state index in [9.17, 15) is 9.18 Å². The molecule has 1 atom stereocenters. The van der Waals surface area contributed by atoms with Crippen molar-refractivity contribution < 1.29 is 18.4 Å². The number of urea groups is 1. The van der Waals surface area contributed by atoms with Gasteiger partial charge in [-0.1, -0.05) is 59.3 Å². The van der Waals surface area contributed by atoms with Gasteiger partial charge in [0.1, 0.15) is 11.6 Å². The minimum Gasteiger partial charge on any atom is -0.497 e. The van der Waals surface area contributed by atoms with Crippen LogP contribution in [-0.4, -0.2) is 28.2 Å². The third kappa shape index (κ3) is 4.57. The van der Waals surface area contributed by atoms with Gasteiger partial charge in [0.05, 0.1) is 25.3 Å². The van der Waals surface area contributed by atoms with Crippen LogP contribution in [0, 0.1) is 12.7 Å². The van der Waals surface area contributed by atoms with Crippen LogP contribution < -0.4 is 10.1 Å². The largest absolute Gasteiger partial charge is 0.497 e. The number of amides is 2. The van der Waals surface area contributed by atoms with Crippen LogP contribution in [0.3, 0.4) is 0 Å². The topological polar surface area (TPSA) is 80.5 Å². The van der Waals surface area contributed by atoms with E-state index < -0.39 is 6.04 Å². The summed E-state index contributed by atoms with van der Waals surface area (Å²) in [6.07, 6.45) is 0. The normalized spacial score (nSPS) is 15.7. The van der Waals surface area contributed by atoms with Crippen LogP contribution in [0.15, 0.2) is 83.0 Å². The summed E-state index contributed by atoms with van der Waals surface area (Å²) >= 11 is 0. The molecule has 0 aliphatic carbocycles. The first-order chi connectivity index (χ1) is 17.4. The van der Waals surface area contributed by atoms with Gasteiger partial charge in [0.2, 0.25) is 5.82 Å². The molecule has 0 bridgehead atoms. The van der Waals surface area contributed by atoms with Crippen LogP contribution in [0.1, 0.15) is 35.5 Å². The van der Waals surface area contributed by atoms with Gasteiger partial charge in [-0.05, 0) is 49.2 Å². The van der Waals surface area contributed by atoms with Crippen molar-refractivity contribution in [2.45, 2.75) is 26.4 Å². The molecule has 0 radical (unpaired) electrons. The predicted molar refractivity (Wildman–Crippen MR) is 133 cm³/mol. The van der Waals surface area contributed by atoms with Crippen LogP contribution >= 0.6 is 0 Å². The van der Waals surface area contributed by atoms with Gasteiger partial charge in [-0.3, -0.25) is 4.90 Å². The number of hydrogen-bond donors (Lipinski definition) is 1. The number of hydrogen-bond acceptors (Lipinski definition) is 5. The second-order valence-corrected chi connectivity index (χ2v) is 8.66. The number of ether oxygens (including phenoxy) is 1. The highest BCUT2D eigenvalue weighted by Crippen LogP contribution is 2.38. The molecule has 36 heavy (non-hydrogen) atoms. The zero-order valence-electron chi connectivity index (χ0n) is 20.2. The number of benzene rings is 3. The smallest absolute Gasteiger partial charge is 0.322 e. The van der Waals surface area contributed by atoms with Crippen molar-refractivity contribution in [3.8, 4) is 17.1 Å². The molecule has 1 N–H and O–H groups in total. The number of methoxy groups -OCH3 is 1. The number of carbonyl (C=O) groups is 1. The Kier molecular flexibility index (Phi) is 6.25. The highest BCUT2D eigenvalue weighted by atomic mass is 19.1. The first-order valence-corrected chi connectivity index (χ1v) is 11.5. The lowest BCUT2D eigenvalue weighted by Gasteiger charge is -2.35. The van der Waals surface area contributed by atoms with E-state index in [1.807, 2.05) is 62.4 Å². The number of nitrogens with one attached hydrogen (secondary N) is 1. The first-order valence-electron chi connectivity index (χ1n) is 11.5. The maximum atomic E-state index is 13.4. The summed E-state index contributed by atoms with van der Waals surface area (Å²) in [6.45, 7) is 4.13. The lowest BCUT2D eigenvalue weighted by atomic mass is 9.94. The fraction of sp³-hybridized carbons (Fsp3) is 0.179. The molecule has 8 heteroatoms. The van der Waals surface area contributed by atoms with Gasteiger partial charge in [-0.2, -0.15) is 4.98 Å². The molecule has 3 aromatic carbocycles. The number of aryl methyl sites for hydroxylation is 1. The Morgan fingerprint density at radius 2 is 1.81 bits per heavy atom. The molecule has 0 fully saturated rings. The molecule has 0 saturated heterocycles. The summed E-state index contributed by atoms with van der Waals surface area (Å²) < 4.78 is 24.5. The van der Waals surface area contributed by atoms with Crippen LogP contribution in [0.2, 0.25) is 0 Å². The Hall–Kier alpha value is -4.46. The predicted octanol–water partition coefficient (Wildman–Crippen LogP) is 5.89. The van der Waals surface area contributed by atoms with E-state index in [-0.39, 0.29) is 18.4 Å². The Bertz CT molecular complexity index is 1430. The summed E-state index contributed by atoms with van der Waals surface area (Å²) in [5.74, 6) is 1.07. The van der Waals surface area contributed by atoms with E-state index in [1.54, 1.807) is 24.1 Å². The molecule has 5 rings (SSSR count). The van der Waals surface area contributed by atoms with Crippen molar-refractivity contribution in [2.24, 2.45) is 0 Å². The van der Waals surface area contributed by atoms with Gasteiger partial charge in [0.25, 0.3) is 5.89 Å². The van der Waals surface area contributed by atoms with Crippen molar-refractivity contribution in [1.29, 1.82) is 0 Å². The Balaban J connectivity index is 1.58. The number of aromatic nitrogens is 2. The van der Waals surface area contributed by atoms with E-state index >= 15 is 0 Å². The fourth-order valence-corrected chi connectivity index (χ4v) is 4.24. The second kappa shape index (κ2) is 9.65. The van der Waals surface area contributed by atoms with Gasteiger partial charge in [-0.25, -0.2) is 9.18 Å². The Morgan fingerprint density at radius 3 is 2.53 bits per heavy atom. The first kappa shape index (κ1) is 23.3.